The zero-order valence-electron chi connectivity index (χ0n) is 26.8. The summed E-state index contributed by atoms with van der Waals surface area (Å²) in [6.45, 7) is 12.5. The van der Waals surface area contributed by atoms with Gasteiger partial charge in [0.25, 0.3) is 0 Å². The number of piperidine rings is 2. The summed E-state index contributed by atoms with van der Waals surface area (Å²) in [5.74, 6) is -2.02. The average molecular weight is 585 g/mol. The fraction of sp³-hybridized carbons (Fsp3) is 0.871. The Morgan fingerprint density at radius 3 is 1.22 bits per heavy atom. The smallest absolute Gasteiger partial charge is 0.353 e. The van der Waals surface area contributed by atoms with Crippen molar-refractivity contribution in [2.24, 2.45) is 0 Å². The number of carbonyl (C=O) groups is 4. The fourth-order valence-electron chi connectivity index (χ4n) is 6.53. The summed E-state index contributed by atoms with van der Waals surface area (Å²) >= 11 is 0. The highest BCUT2D eigenvalue weighted by Crippen LogP contribution is 2.31. The molecule has 2 saturated heterocycles. The van der Waals surface area contributed by atoms with Crippen LogP contribution < -0.4 is 0 Å². The first-order valence-corrected chi connectivity index (χ1v) is 15.6. The molecule has 0 aromatic rings. The minimum Gasteiger partial charge on any atom is -0.463 e. The molecule has 0 radical (unpaired) electrons. The quantitative estimate of drug-likeness (QED) is 0.131. The van der Waals surface area contributed by atoms with E-state index in [0.29, 0.717) is 65.5 Å². The van der Waals surface area contributed by atoms with Gasteiger partial charge in [-0.1, -0.05) is 0 Å². The Morgan fingerprint density at radius 1 is 0.610 bits per heavy atom. The second-order valence-corrected chi connectivity index (χ2v) is 12.9. The van der Waals surface area contributed by atoms with Crippen LogP contribution in [0.3, 0.4) is 0 Å². The Kier molecular flexibility index (Phi) is 13.5. The van der Waals surface area contributed by atoms with Gasteiger partial charge in [-0.2, -0.15) is 0 Å². The molecular formula is C31H56N2O8+2. The maximum Gasteiger partial charge on any atom is 0.353 e. The van der Waals surface area contributed by atoms with Gasteiger partial charge in [0.2, 0.25) is 12.2 Å². The Hall–Kier alpha value is -2.20. The summed E-state index contributed by atoms with van der Waals surface area (Å²) in [6.07, 6.45) is 6.61. The molecule has 0 saturated carbocycles. The van der Waals surface area contributed by atoms with Crippen LogP contribution in [-0.4, -0.2) is 110 Å². The van der Waals surface area contributed by atoms with Gasteiger partial charge in [-0.15, -0.1) is 0 Å². The number of esters is 4. The highest BCUT2D eigenvalue weighted by atomic mass is 16.6. The zero-order valence-corrected chi connectivity index (χ0v) is 26.8. The third-order valence-corrected chi connectivity index (χ3v) is 10.1. The molecule has 6 atom stereocenters. The van der Waals surface area contributed by atoms with E-state index in [-0.39, 0.29) is 13.2 Å². The number of carbonyl (C=O) groups excluding carboxylic acids is 4. The Bertz CT molecular complexity index is 803. The van der Waals surface area contributed by atoms with Gasteiger partial charge in [-0.25, -0.2) is 9.59 Å². The van der Waals surface area contributed by atoms with Crippen LogP contribution in [0, 0.1) is 0 Å². The highest BCUT2D eigenvalue weighted by molar-refractivity contribution is 5.79. The topological polar surface area (TPSA) is 105 Å². The molecule has 2 rings (SSSR count). The van der Waals surface area contributed by atoms with E-state index in [4.69, 9.17) is 18.9 Å². The first kappa shape index (κ1) is 35.0. The van der Waals surface area contributed by atoms with Crippen LogP contribution >= 0.6 is 0 Å². The van der Waals surface area contributed by atoms with Crippen LogP contribution in [0.1, 0.15) is 99.3 Å². The monoisotopic (exact) mass is 584 g/mol. The molecule has 0 amide bonds. The van der Waals surface area contributed by atoms with E-state index in [0.717, 1.165) is 38.5 Å². The lowest BCUT2D eigenvalue weighted by atomic mass is 9.93. The van der Waals surface area contributed by atoms with Gasteiger partial charge in [0.15, 0.2) is 0 Å². The van der Waals surface area contributed by atoms with Crippen molar-refractivity contribution in [1.29, 1.82) is 0 Å². The van der Waals surface area contributed by atoms with Gasteiger partial charge in [-0.05, 0) is 85.5 Å². The number of unbranched alkanes of at least 4 members (excludes halogenated alkanes) is 2. The number of nitrogens with zero attached hydrogens (tertiary/aromatic N) is 2. The van der Waals surface area contributed by atoms with Crippen molar-refractivity contribution in [1.82, 2.24) is 0 Å². The van der Waals surface area contributed by atoms with Crippen LogP contribution in [-0.2, 0) is 38.1 Å². The lowest BCUT2D eigenvalue weighted by Crippen LogP contribution is -2.62. The van der Waals surface area contributed by atoms with Gasteiger partial charge in [0.1, 0.15) is 13.1 Å². The van der Waals surface area contributed by atoms with Crippen molar-refractivity contribution in [2.75, 3.05) is 40.4 Å². The third-order valence-electron chi connectivity index (χ3n) is 10.1. The molecule has 0 aromatic carbocycles. The molecule has 10 nitrogen and oxygen atoms in total. The standard InChI is InChI=1S/C31H56N2O8/c1-22-14-12-15-23(2)32(22,7)20-28(40-26(5)34)30(36)38-18-10-9-11-19-39-31(37)29(41-27(6)35)21-33(8)24(3)16-13-17-25(33)4/h22-25,28-29H,9-21H2,1-8H3/q+2. The first-order chi connectivity index (χ1) is 19.2. The second kappa shape index (κ2) is 15.9. The van der Waals surface area contributed by atoms with Crippen LogP contribution in [0.2, 0.25) is 0 Å². The van der Waals surface area contributed by atoms with Gasteiger partial charge in [0.05, 0.1) is 51.5 Å². The number of quaternary nitrogens is 2. The summed E-state index contributed by atoms with van der Waals surface area (Å²) in [6, 6.07) is 1.46. The summed E-state index contributed by atoms with van der Waals surface area (Å²) in [7, 11) is 4.25. The second-order valence-electron chi connectivity index (χ2n) is 12.9. The highest BCUT2D eigenvalue weighted by Gasteiger charge is 2.44. The molecule has 0 aromatic heterocycles. The number of likely N-dealkylation sites (N-methyl/N-ethyl adjacent to an activating group) is 2. The van der Waals surface area contributed by atoms with Crippen LogP contribution in [0.25, 0.3) is 0 Å². The van der Waals surface area contributed by atoms with E-state index in [1.54, 1.807) is 0 Å². The molecule has 10 heteroatoms. The van der Waals surface area contributed by atoms with E-state index in [1.807, 2.05) is 0 Å². The minimum absolute atomic E-state index is 0.195. The van der Waals surface area contributed by atoms with Crippen molar-refractivity contribution in [3.63, 3.8) is 0 Å². The van der Waals surface area contributed by atoms with E-state index in [2.05, 4.69) is 41.8 Å². The van der Waals surface area contributed by atoms with Crippen LogP contribution in [0.15, 0.2) is 0 Å². The van der Waals surface area contributed by atoms with Gasteiger partial charge < -0.3 is 27.9 Å². The van der Waals surface area contributed by atoms with Crippen LogP contribution in [0.4, 0.5) is 0 Å². The molecular weight excluding hydrogens is 528 g/mol. The maximum absolute atomic E-state index is 12.9. The lowest BCUT2D eigenvalue weighted by Gasteiger charge is -2.49. The summed E-state index contributed by atoms with van der Waals surface area (Å²) in [5, 5.41) is 0. The van der Waals surface area contributed by atoms with Crippen molar-refractivity contribution < 1.29 is 47.1 Å². The Morgan fingerprint density at radius 2 is 0.927 bits per heavy atom. The number of rotatable bonds is 14. The fourth-order valence-corrected chi connectivity index (χ4v) is 6.53. The van der Waals surface area contributed by atoms with Gasteiger partial charge >= 0.3 is 23.9 Å². The van der Waals surface area contributed by atoms with Crippen molar-refractivity contribution >= 4 is 23.9 Å². The molecule has 2 aliphatic heterocycles. The van der Waals surface area contributed by atoms with Gasteiger partial charge in [0, 0.05) is 13.8 Å². The van der Waals surface area contributed by atoms with E-state index >= 15 is 0 Å². The van der Waals surface area contributed by atoms with Gasteiger partial charge in [-0.3, -0.25) is 9.59 Å². The van der Waals surface area contributed by atoms with Crippen molar-refractivity contribution in [2.45, 2.75) is 136 Å². The molecule has 2 heterocycles. The largest absolute Gasteiger partial charge is 0.463 e. The predicted octanol–water partition coefficient (Wildman–Crippen LogP) is 3.92. The van der Waals surface area contributed by atoms with Crippen molar-refractivity contribution in [3.8, 4) is 0 Å². The molecule has 6 unspecified atom stereocenters. The number of ether oxygens (including phenoxy) is 4. The SMILES string of the molecule is CC(=O)OC(C[N+]1(C)C(C)CCCC1C)C(=O)OCCCCCOC(=O)C(C[N+]1(C)C(C)CCCC1C)OC(C)=O. The Labute approximate surface area is 247 Å². The number of hydrogen-bond donors (Lipinski definition) is 0. The zero-order chi connectivity index (χ0) is 30.8. The Balaban J connectivity index is 1.79. The lowest BCUT2D eigenvalue weighted by molar-refractivity contribution is -0.959. The number of hydrogen-bond acceptors (Lipinski definition) is 8. The molecule has 2 fully saturated rings. The van der Waals surface area contributed by atoms with E-state index in [1.165, 1.54) is 13.8 Å². The van der Waals surface area contributed by atoms with Crippen molar-refractivity contribution in [3.05, 3.63) is 0 Å². The first-order valence-electron chi connectivity index (χ1n) is 15.6. The normalized spacial score (nSPS) is 31.4. The van der Waals surface area contributed by atoms with E-state index < -0.39 is 36.1 Å². The molecule has 0 N–H and O–H groups in total. The van der Waals surface area contributed by atoms with E-state index in [9.17, 15) is 19.2 Å². The molecule has 41 heavy (non-hydrogen) atoms. The molecule has 2 aliphatic rings. The summed E-state index contributed by atoms with van der Waals surface area (Å²) in [4.78, 5) is 49.2. The maximum atomic E-state index is 12.9. The summed E-state index contributed by atoms with van der Waals surface area (Å²) in [5.41, 5.74) is 0. The molecule has 236 valence electrons. The molecule has 0 spiro atoms. The minimum atomic E-state index is -0.936. The third kappa shape index (κ3) is 9.94. The molecule has 0 bridgehead atoms. The predicted molar refractivity (Wildman–Crippen MR) is 155 cm³/mol. The number of likely N-dealkylation sites (tertiary alicyclic amines) is 2. The molecule has 0 aliphatic carbocycles. The van der Waals surface area contributed by atoms with Crippen LogP contribution in [0.5, 0.6) is 0 Å². The average Bonchev–Trinajstić information content (AvgIpc) is 2.88. The summed E-state index contributed by atoms with van der Waals surface area (Å²) < 4.78 is 23.1.